The normalized spacial score (nSPS) is 10.4. The quantitative estimate of drug-likeness (QED) is 0.621. The Morgan fingerprint density at radius 2 is 1.68 bits per heavy atom. The third kappa shape index (κ3) is 4.43. The molecule has 2 aromatic carbocycles. The highest BCUT2D eigenvalue weighted by molar-refractivity contribution is 6.42. The number of Topliss-reactive ketones (excluding diaryl/α,β-unsaturated/α-hetero) is 1. The van der Waals surface area contributed by atoms with E-state index in [0.29, 0.717) is 33.1 Å². The van der Waals surface area contributed by atoms with Crippen LogP contribution in [-0.4, -0.2) is 21.0 Å². The summed E-state index contributed by atoms with van der Waals surface area (Å²) in [4.78, 5) is 15.6. The van der Waals surface area contributed by atoms with Gasteiger partial charge in [0.25, 0.3) is 0 Å². The van der Waals surface area contributed by atoms with Gasteiger partial charge in [0, 0.05) is 16.9 Å². The van der Waals surface area contributed by atoms with Gasteiger partial charge in [0.05, 0.1) is 16.2 Å². The largest absolute Gasteiger partial charge is 0.339 e. The number of benzene rings is 2. The van der Waals surface area contributed by atoms with Crippen LogP contribution in [0.15, 0.2) is 48.7 Å². The van der Waals surface area contributed by atoms with E-state index in [1.54, 1.807) is 42.5 Å². The first-order valence-corrected chi connectivity index (χ1v) is 8.07. The lowest BCUT2D eigenvalue weighted by Gasteiger charge is -2.08. The van der Waals surface area contributed by atoms with Crippen LogP contribution >= 0.6 is 23.2 Å². The average molecular weight is 374 g/mol. The smallest absolute Gasteiger partial charge is 0.249 e. The van der Waals surface area contributed by atoms with Gasteiger partial charge in [-0.25, -0.2) is 0 Å². The van der Waals surface area contributed by atoms with Gasteiger partial charge in [0.2, 0.25) is 5.95 Å². The highest BCUT2D eigenvalue weighted by Gasteiger charge is 2.05. The molecule has 1 aromatic heterocycles. The maximum atomic E-state index is 11.3. The highest BCUT2D eigenvalue weighted by atomic mass is 35.5. The molecular weight excluding hydrogens is 361 g/mol. The van der Waals surface area contributed by atoms with Crippen molar-refractivity contribution in [3.8, 4) is 0 Å². The molecule has 0 aliphatic heterocycles. The second kappa shape index (κ2) is 7.46. The average Bonchev–Trinajstić information content (AvgIpc) is 2.59. The Morgan fingerprint density at radius 1 is 0.960 bits per heavy atom. The molecule has 6 nitrogen and oxygen atoms in total. The number of anilines is 4. The molecule has 0 saturated carbocycles. The van der Waals surface area contributed by atoms with Crippen LogP contribution in [0.1, 0.15) is 17.3 Å². The third-order valence-corrected chi connectivity index (χ3v) is 4.04. The van der Waals surface area contributed by atoms with Crippen LogP contribution in [0.5, 0.6) is 0 Å². The highest BCUT2D eigenvalue weighted by Crippen LogP contribution is 2.26. The monoisotopic (exact) mass is 373 g/mol. The fraction of sp³-hybridized carbons (Fsp3) is 0.0588. The molecule has 0 saturated heterocycles. The Morgan fingerprint density at radius 3 is 2.36 bits per heavy atom. The molecule has 3 rings (SSSR count). The molecule has 0 fully saturated rings. The van der Waals surface area contributed by atoms with E-state index in [1.165, 1.54) is 13.1 Å². The number of hydrogen-bond acceptors (Lipinski definition) is 6. The van der Waals surface area contributed by atoms with Crippen LogP contribution in [0.2, 0.25) is 10.0 Å². The van der Waals surface area contributed by atoms with Crippen molar-refractivity contribution in [2.75, 3.05) is 10.6 Å². The van der Waals surface area contributed by atoms with Crippen LogP contribution in [0.4, 0.5) is 23.1 Å². The Bertz CT molecular complexity index is 915. The van der Waals surface area contributed by atoms with Gasteiger partial charge in [0.15, 0.2) is 11.6 Å². The van der Waals surface area contributed by atoms with Crippen molar-refractivity contribution in [3.63, 3.8) is 0 Å². The van der Waals surface area contributed by atoms with Gasteiger partial charge < -0.3 is 10.6 Å². The lowest BCUT2D eigenvalue weighted by molar-refractivity contribution is 0.101. The summed E-state index contributed by atoms with van der Waals surface area (Å²) >= 11 is 11.9. The maximum absolute atomic E-state index is 11.3. The molecule has 2 N–H and O–H groups in total. The van der Waals surface area contributed by atoms with E-state index in [1.807, 2.05) is 0 Å². The number of rotatable bonds is 5. The SMILES string of the molecule is CC(=O)c1ccc(Nc2cnnc(Nc3ccc(Cl)c(Cl)c3)n2)cc1. The van der Waals surface area contributed by atoms with Crippen LogP contribution in [-0.2, 0) is 0 Å². The Labute approximate surface area is 154 Å². The molecule has 0 unspecified atom stereocenters. The lowest BCUT2D eigenvalue weighted by atomic mass is 10.1. The maximum Gasteiger partial charge on any atom is 0.249 e. The molecule has 126 valence electrons. The van der Waals surface area contributed by atoms with E-state index < -0.39 is 0 Å². The molecule has 0 aliphatic rings. The van der Waals surface area contributed by atoms with Crippen molar-refractivity contribution in [2.24, 2.45) is 0 Å². The predicted molar refractivity (Wildman–Crippen MR) is 99.3 cm³/mol. The summed E-state index contributed by atoms with van der Waals surface area (Å²) in [5.74, 6) is 0.834. The van der Waals surface area contributed by atoms with E-state index >= 15 is 0 Å². The first kappa shape index (κ1) is 17.1. The second-order valence-electron chi connectivity index (χ2n) is 5.18. The molecule has 0 radical (unpaired) electrons. The van der Waals surface area contributed by atoms with E-state index in [2.05, 4.69) is 25.8 Å². The number of ketones is 1. The fourth-order valence-corrected chi connectivity index (χ4v) is 2.35. The molecule has 1 heterocycles. The summed E-state index contributed by atoms with van der Waals surface area (Å²) < 4.78 is 0. The van der Waals surface area contributed by atoms with Gasteiger partial charge in [0.1, 0.15) is 0 Å². The topological polar surface area (TPSA) is 79.8 Å². The van der Waals surface area contributed by atoms with E-state index in [-0.39, 0.29) is 5.78 Å². The number of halogens is 2. The van der Waals surface area contributed by atoms with Crippen molar-refractivity contribution in [3.05, 3.63) is 64.3 Å². The van der Waals surface area contributed by atoms with Gasteiger partial charge in [-0.3, -0.25) is 4.79 Å². The number of hydrogen-bond donors (Lipinski definition) is 2. The fourth-order valence-electron chi connectivity index (χ4n) is 2.06. The van der Waals surface area contributed by atoms with Crippen molar-refractivity contribution in [2.45, 2.75) is 6.92 Å². The second-order valence-corrected chi connectivity index (χ2v) is 5.99. The first-order chi connectivity index (χ1) is 12.0. The number of nitrogens with one attached hydrogen (secondary N) is 2. The minimum Gasteiger partial charge on any atom is -0.339 e. The number of nitrogens with zero attached hydrogens (tertiary/aromatic N) is 3. The zero-order valence-electron chi connectivity index (χ0n) is 13.1. The zero-order valence-corrected chi connectivity index (χ0v) is 14.6. The first-order valence-electron chi connectivity index (χ1n) is 7.31. The Balaban J connectivity index is 1.74. The van der Waals surface area contributed by atoms with Gasteiger partial charge in [-0.15, -0.1) is 5.10 Å². The summed E-state index contributed by atoms with van der Waals surface area (Å²) in [5.41, 5.74) is 2.12. The van der Waals surface area contributed by atoms with E-state index in [0.717, 1.165) is 5.69 Å². The summed E-state index contributed by atoms with van der Waals surface area (Å²) in [7, 11) is 0. The van der Waals surface area contributed by atoms with E-state index in [9.17, 15) is 4.79 Å². The minimum atomic E-state index is 0.0170. The summed E-state index contributed by atoms with van der Waals surface area (Å²) in [6, 6.07) is 12.2. The van der Waals surface area contributed by atoms with Crippen LogP contribution < -0.4 is 10.6 Å². The summed E-state index contributed by atoms with van der Waals surface area (Å²) in [6.07, 6.45) is 1.50. The standard InChI is InChI=1S/C17H13Cl2N5O/c1-10(25)11-2-4-12(5-3-11)21-16-9-20-24-17(23-16)22-13-6-7-14(18)15(19)8-13/h2-9H,1H3,(H2,21,22,23,24). The molecule has 0 bridgehead atoms. The molecule has 0 atom stereocenters. The van der Waals surface area contributed by atoms with Crippen LogP contribution in [0.3, 0.4) is 0 Å². The molecule has 0 amide bonds. The zero-order chi connectivity index (χ0) is 17.8. The summed E-state index contributed by atoms with van der Waals surface area (Å²) in [5, 5.41) is 14.9. The predicted octanol–water partition coefficient (Wildman–Crippen LogP) is 4.87. The van der Waals surface area contributed by atoms with Gasteiger partial charge in [-0.05, 0) is 49.4 Å². The Kier molecular flexibility index (Phi) is 5.11. The molecule has 0 aliphatic carbocycles. The number of aromatic nitrogens is 3. The number of carbonyl (C=O) groups is 1. The third-order valence-electron chi connectivity index (χ3n) is 3.30. The molecule has 0 spiro atoms. The lowest BCUT2D eigenvalue weighted by Crippen LogP contribution is -2.02. The molecular formula is C17H13Cl2N5O. The van der Waals surface area contributed by atoms with Gasteiger partial charge >= 0.3 is 0 Å². The Hall–Kier alpha value is -2.70. The van der Waals surface area contributed by atoms with Crippen molar-refractivity contribution in [1.29, 1.82) is 0 Å². The van der Waals surface area contributed by atoms with E-state index in [4.69, 9.17) is 23.2 Å². The molecule has 8 heteroatoms. The molecule has 3 aromatic rings. The van der Waals surface area contributed by atoms with Gasteiger partial charge in [-0.1, -0.05) is 23.2 Å². The number of carbonyl (C=O) groups excluding carboxylic acids is 1. The van der Waals surface area contributed by atoms with Crippen LogP contribution in [0, 0.1) is 0 Å². The van der Waals surface area contributed by atoms with Crippen molar-refractivity contribution >= 4 is 52.1 Å². The minimum absolute atomic E-state index is 0.0170. The van der Waals surface area contributed by atoms with Crippen molar-refractivity contribution < 1.29 is 4.79 Å². The van der Waals surface area contributed by atoms with Crippen LogP contribution in [0.25, 0.3) is 0 Å². The summed E-state index contributed by atoms with van der Waals surface area (Å²) in [6.45, 7) is 1.53. The molecule has 25 heavy (non-hydrogen) atoms. The van der Waals surface area contributed by atoms with Crippen molar-refractivity contribution in [1.82, 2.24) is 15.2 Å². The van der Waals surface area contributed by atoms with Gasteiger partial charge in [-0.2, -0.15) is 10.1 Å².